The molecule has 0 amide bonds. The average molecular weight is 470 g/mol. The van der Waals surface area contributed by atoms with E-state index in [4.69, 9.17) is 4.98 Å². The molecule has 0 atom stereocenters. The molecule has 0 unspecified atom stereocenters. The molecule has 0 saturated carbocycles. The number of allylic oxidation sites excluding steroid dienone is 1. The Hall–Kier alpha value is -4.15. The molecule has 0 bridgehead atoms. The van der Waals surface area contributed by atoms with E-state index in [1.54, 1.807) is 0 Å². The molecule has 3 nitrogen and oxygen atoms in total. The highest BCUT2D eigenvalue weighted by molar-refractivity contribution is 7.19. The SMILES string of the molecule is C1=Cc2c(sc3ccc4c5cccc(-c6nc7ccccc7n6-c6ccccc6)c5[nH]c4c23)CC1.[HH]. The van der Waals surface area contributed by atoms with Gasteiger partial charge in [0.15, 0.2) is 0 Å². The molecule has 0 aliphatic heterocycles. The molecule has 4 aromatic carbocycles. The number of rotatable bonds is 2. The van der Waals surface area contributed by atoms with Gasteiger partial charge in [-0.25, -0.2) is 4.98 Å². The van der Waals surface area contributed by atoms with Crippen molar-refractivity contribution < 1.29 is 1.43 Å². The molecular formula is C31H23N3S. The van der Waals surface area contributed by atoms with Crippen LogP contribution >= 0.6 is 11.3 Å². The Kier molecular flexibility index (Phi) is 3.93. The lowest BCUT2D eigenvalue weighted by Crippen LogP contribution is -1.97. The first-order valence-electron chi connectivity index (χ1n) is 12.1. The van der Waals surface area contributed by atoms with Gasteiger partial charge in [0, 0.05) is 38.4 Å². The molecule has 1 aliphatic carbocycles. The summed E-state index contributed by atoms with van der Waals surface area (Å²) < 4.78 is 3.64. The molecule has 0 spiro atoms. The van der Waals surface area contributed by atoms with Crippen LogP contribution < -0.4 is 0 Å². The Labute approximate surface area is 207 Å². The van der Waals surface area contributed by atoms with Crippen molar-refractivity contribution in [1.29, 1.82) is 0 Å². The predicted molar refractivity (Wildman–Crippen MR) is 151 cm³/mol. The number of imidazole rings is 1. The Bertz CT molecular complexity index is 1960. The van der Waals surface area contributed by atoms with Gasteiger partial charge in [-0.05, 0) is 54.8 Å². The smallest absolute Gasteiger partial charge is 0.147 e. The highest BCUT2D eigenvalue weighted by Crippen LogP contribution is 2.43. The normalized spacial score (nSPS) is 13.4. The maximum absolute atomic E-state index is 5.14. The first-order valence-corrected chi connectivity index (χ1v) is 12.9. The van der Waals surface area contributed by atoms with Crippen LogP contribution in [0.4, 0.5) is 0 Å². The average Bonchev–Trinajstić information content (AvgIpc) is 3.59. The van der Waals surface area contributed by atoms with Gasteiger partial charge in [0.1, 0.15) is 5.82 Å². The van der Waals surface area contributed by atoms with E-state index in [2.05, 4.69) is 107 Å². The third-order valence-corrected chi connectivity index (χ3v) is 8.44. The fraction of sp³-hybridized carbons (Fsp3) is 0.0645. The number of para-hydroxylation sites is 4. The summed E-state index contributed by atoms with van der Waals surface area (Å²) in [4.78, 5) is 10.5. The molecule has 35 heavy (non-hydrogen) atoms. The highest BCUT2D eigenvalue weighted by atomic mass is 32.1. The molecule has 0 fully saturated rings. The van der Waals surface area contributed by atoms with Gasteiger partial charge in [-0.3, -0.25) is 4.57 Å². The number of benzene rings is 4. The zero-order valence-corrected chi connectivity index (χ0v) is 19.8. The van der Waals surface area contributed by atoms with Gasteiger partial charge in [0.05, 0.1) is 22.1 Å². The molecule has 0 radical (unpaired) electrons. The zero-order valence-electron chi connectivity index (χ0n) is 19.0. The zero-order chi connectivity index (χ0) is 22.9. The minimum atomic E-state index is 0. The molecule has 3 aromatic heterocycles. The summed E-state index contributed by atoms with van der Waals surface area (Å²) in [6.45, 7) is 0. The van der Waals surface area contributed by atoms with Crippen molar-refractivity contribution in [2.24, 2.45) is 0 Å². The summed E-state index contributed by atoms with van der Waals surface area (Å²) in [5.41, 5.74) is 8.11. The number of aromatic nitrogens is 3. The van der Waals surface area contributed by atoms with Crippen LogP contribution in [-0.2, 0) is 6.42 Å². The molecule has 8 rings (SSSR count). The van der Waals surface area contributed by atoms with E-state index in [0.29, 0.717) is 0 Å². The second-order valence-corrected chi connectivity index (χ2v) is 10.3. The van der Waals surface area contributed by atoms with Crippen molar-refractivity contribution in [3.63, 3.8) is 0 Å². The third kappa shape index (κ3) is 2.69. The molecule has 4 heteroatoms. The number of aromatic amines is 1. The summed E-state index contributed by atoms with van der Waals surface area (Å²) >= 11 is 1.94. The van der Waals surface area contributed by atoms with Crippen LogP contribution in [0.15, 0.2) is 91.0 Å². The number of H-pyrrole nitrogens is 1. The van der Waals surface area contributed by atoms with Crippen molar-refractivity contribution in [3.05, 3.63) is 101 Å². The van der Waals surface area contributed by atoms with Crippen molar-refractivity contribution in [2.45, 2.75) is 12.8 Å². The van der Waals surface area contributed by atoms with Gasteiger partial charge in [-0.2, -0.15) is 0 Å². The fourth-order valence-corrected chi connectivity index (χ4v) is 6.88. The van der Waals surface area contributed by atoms with Gasteiger partial charge in [-0.15, -0.1) is 11.3 Å². The number of nitrogens with one attached hydrogen (secondary N) is 1. The molecule has 3 heterocycles. The Balaban J connectivity index is 0.00000220. The van der Waals surface area contributed by atoms with E-state index < -0.39 is 0 Å². The largest absolute Gasteiger partial charge is 0.353 e. The summed E-state index contributed by atoms with van der Waals surface area (Å²) in [5.74, 6) is 0.957. The van der Waals surface area contributed by atoms with E-state index in [-0.39, 0.29) is 1.43 Å². The number of hydrogen-bond donors (Lipinski definition) is 1. The summed E-state index contributed by atoms with van der Waals surface area (Å²) in [5, 5.41) is 3.87. The van der Waals surface area contributed by atoms with Gasteiger partial charge in [0.25, 0.3) is 0 Å². The maximum atomic E-state index is 5.14. The molecule has 1 aliphatic rings. The minimum absolute atomic E-state index is 0. The van der Waals surface area contributed by atoms with E-state index >= 15 is 0 Å². The van der Waals surface area contributed by atoms with Gasteiger partial charge in [-0.1, -0.05) is 60.7 Å². The minimum Gasteiger partial charge on any atom is -0.353 e. The standard InChI is InChI=1S/C31H21N3S.H2/c1-2-9-19(10-3-1)34-25-15-6-5-14-24(25)32-31(34)23-13-8-12-20-21-17-18-27-28(30(21)33-29(20)23)22-11-4-7-16-26(22)35-27;/h1-6,8-15,17-18,33H,7,16H2;1H. The predicted octanol–water partition coefficient (Wildman–Crippen LogP) is 8.75. The van der Waals surface area contributed by atoms with E-state index in [0.717, 1.165) is 46.5 Å². The lowest BCUT2D eigenvalue weighted by Gasteiger charge is -2.10. The first-order chi connectivity index (χ1) is 17.4. The van der Waals surface area contributed by atoms with Crippen LogP contribution in [0, 0.1) is 0 Å². The van der Waals surface area contributed by atoms with E-state index in [1.807, 2.05) is 11.3 Å². The maximum Gasteiger partial charge on any atom is 0.147 e. The van der Waals surface area contributed by atoms with Gasteiger partial charge < -0.3 is 4.98 Å². The van der Waals surface area contributed by atoms with Crippen LogP contribution in [-0.4, -0.2) is 14.5 Å². The second kappa shape index (κ2) is 7.17. The topological polar surface area (TPSA) is 33.6 Å². The van der Waals surface area contributed by atoms with Crippen LogP contribution in [0.5, 0.6) is 0 Å². The number of fused-ring (bicyclic) bond motifs is 8. The monoisotopic (exact) mass is 469 g/mol. The Morgan fingerprint density at radius 3 is 2.63 bits per heavy atom. The van der Waals surface area contributed by atoms with Gasteiger partial charge >= 0.3 is 0 Å². The highest BCUT2D eigenvalue weighted by Gasteiger charge is 2.21. The Morgan fingerprint density at radius 1 is 0.829 bits per heavy atom. The summed E-state index contributed by atoms with van der Waals surface area (Å²) in [6, 6.07) is 30.1. The third-order valence-electron chi connectivity index (χ3n) is 7.21. The van der Waals surface area contributed by atoms with E-state index in [9.17, 15) is 0 Å². The lowest BCUT2D eigenvalue weighted by molar-refractivity contribution is 1.02. The van der Waals surface area contributed by atoms with Crippen molar-refractivity contribution in [1.82, 2.24) is 14.5 Å². The second-order valence-electron chi connectivity index (χ2n) is 9.19. The van der Waals surface area contributed by atoms with Crippen LogP contribution in [0.1, 0.15) is 18.3 Å². The van der Waals surface area contributed by atoms with Crippen molar-refractivity contribution in [2.75, 3.05) is 0 Å². The van der Waals surface area contributed by atoms with Crippen LogP contribution in [0.2, 0.25) is 0 Å². The summed E-state index contributed by atoms with van der Waals surface area (Å²) in [6.07, 6.45) is 6.90. The molecule has 7 aromatic rings. The number of hydrogen-bond acceptors (Lipinski definition) is 2. The van der Waals surface area contributed by atoms with Crippen molar-refractivity contribution in [3.8, 4) is 17.1 Å². The summed E-state index contributed by atoms with van der Waals surface area (Å²) in [7, 11) is 0. The molecule has 168 valence electrons. The van der Waals surface area contributed by atoms with Crippen molar-refractivity contribution >= 4 is 60.3 Å². The van der Waals surface area contributed by atoms with Crippen LogP contribution in [0.3, 0.4) is 0 Å². The fourth-order valence-electron chi connectivity index (χ4n) is 5.66. The van der Waals surface area contributed by atoms with E-state index in [1.165, 1.54) is 36.8 Å². The van der Waals surface area contributed by atoms with Gasteiger partial charge in [0.2, 0.25) is 0 Å². The lowest BCUT2D eigenvalue weighted by atomic mass is 10.0. The number of thiophene rings is 1. The molecule has 1 N–H and O–H groups in total. The van der Waals surface area contributed by atoms with Crippen LogP contribution in [0.25, 0.3) is 66.1 Å². The Morgan fingerprint density at radius 2 is 1.69 bits per heavy atom. The molecule has 0 saturated heterocycles. The quantitative estimate of drug-likeness (QED) is 0.270. The number of nitrogens with zero attached hydrogens (tertiary/aromatic N) is 2. The first kappa shape index (κ1) is 19.2. The molecular weight excluding hydrogens is 446 g/mol. The number of aryl methyl sites for hydroxylation is 1.